The molecule has 1 saturated heterocycles. The average molecular weight is 647 g/mol. The summed E-state index contributed by atoms with van der Waals surface area (Å²) in [6.45, 7) is 0.757. The molecule has 3 fully saturated rings. The minimum Gasteiger partial charge on any atom is -0.361 e. The normalized spacial score (nSPS) is 28.9. The zero-order valence-corrected chi connectivity index (χ0v) is 28.0. The number of hydrogen-bond donors (Lipinski definition) is 0. The van der Waals surface area contributed by atoms with E-state index in [0.717, 1.165) is 66.6 Å². The fourth-order valence-electron chi connectivity index (χ4n) is 9.98. The first-order chi connectivity index (χ1) is 23.5. The predicted octanol–water partition coefficient (Wildman–Crippen LogP) is 8.03. The van der Waals surface area contributed by atoms with Gasteiger partial charge in [0.1, 0.15) is 5.60 Å². The standard InChI is InChI=1S/C44H39O3P/c45-34-19-23-38-33(28-34)18-22-39-41-25-27-44(26-24-31-10-4-1-5-11-31)43(41,30-47-44)29-40(42(38)39)32-16-20-37(21-17-32)48(46,35-12-6-2-7-13-35)36-14-8-3-9-15-36/h1-17,20-21,28,39-41H,18-19,22-23,25,27,29-30H2/t39-,40+,41-,43+,44-/m0/s1. The summed E-state index contributed by atoms with van der Waals surface area (Å²) in [5.74, 6) is 8.69. The SMILES string of the molecule is O=C1C=C2CC[C@@H]3C(=C2CC1)[C@@H](c1ccc(P(=O)(c2ccccc2)c2ccccc2)cc1)C[C@]12CO[C@@]1(C#Cc1ccccc1)CC[C@@H]32. The summed E-state index contributed by atoms with van der Waals surface area (Å²) in [7, 11) is -3.07. The number of carbonyl (C=O) groups is 1. The van der Waals surface area contributed by atoms with E-state index >= 15 is 4.57 Å². The zero-order valence-electron chi connectivity index (χ0n) is 27.1. The van der Waals surface area contributed by atoms with E-state index in [9.17, 15) is 4.79 Å². The Balaban J connectivity index is 1.16. The van der Waals surface area contributed by atoms with Crippen molar-refractivity contribution in [1.29, 1.82) is 0 Å². The Hall–Kier alpha value is -4.22. The smallest absolute Gasteiger partial charge is 0.171 e. The van der Waals surface area contributed by atoms with E-state index in [1.165, 1.54) is 16.7 Å². The zero-order chi connectivity index (χ0) is 32.3. The van der Waals surface area contributed by atoms with Crippen LogP contribution < -0.4 is 15.9 Å². The molecule has 48 heavy (non-hydrogen) atoms. The van der Waals surface area contributed by atoms with E-state index in [2.05, 4.69) is 48.2 Å². The molecule has 3 nitrogen and oxygen atoms in total. The maximum atomic E-state index is 15.2. The van der Waals surface area contributed by atoms with Crippen molar-refractivity contribution in [2.45, 2.75) is 56.5 Å². The van der Waals surface area contributed by atoms with E-state index in [1.807, 2.05) is 84.9 Å². The van der Waals surface area contributed by atoms with Crippen LogP contribution in [-0.4, -0.2) is 18.0 Å². The third-order valence-electron chi connectivity index (χ3n) is 12.2. The number of ketones is 1. The van der Waals surface area contributed by atoms with Gasteiger partial charge in [0.05, 0.1) is 6.61 Å². The second kappa shape index (κ2) is 11.4. The van der Waals surface area contributed by atoms with Crippen molar-refractivity contribution in [3.8, 4) is 11.8 Å². The van der Waals surface area contributed by atoms with Gasteiger partial charge in [0.2, 0.25) is 0 Å². The largest absolute Gasteiger partial charge is 0.361 e. The molecular formula is C44H39O3P. The maximum Gasteiger partial charge on any atom is 0.171 e. The van der Waals surface area contributed by atoms with E-state index < -0.39 is 12.7 Å². The molecule has 0 amide bonds. The van der Waals surface area contributed by atoms with Gasteiger partial charge in [-0.25, -0.2) is 0 Å². The van der Waals surface area contributed by atoms with Crippen LogP contribution in [0.4, 0.5) is 0 Å². The van der Waals surface area contributed by atoms with Crippen LogP contribution in [0.2, 0.25) is 0 Å². The molecule has 0 aromatic heterocycles. The molecule has 1 spiro atoms. The van der Waals surface area contributed by atoms with Crippen molar-refractivity contribution in [3.05, 3.63) is 149 Å². The van der Waals surface area contributed by atoms with Gasteiger partial charge in [-0.05, 0) is 85.3 Å². The predicted molar refractivity (Wildman–Crippen MR) is 192 cm³/mol. The number of benzene rings is 4. The highest BCUT2D eigenvalue weighted by Gasteiger charge is 2.71. The molecule has 9 rings (SSSR count). The summed E-state index contributed by atoms with van der Waals surface area (Å²) >= 11 is 0. The Morgan fingerprint density at radius 3 is 2.02 bits per heavy atom. The van der Waals surface area contributed by atoms with Crippen molar-refractivity contribution < 1.29 is 14.1 Å². The lowest BCUT2D eigenvalue weighted by Crippen LogP contribution is -2.64. The van der Waals surface area contributed by atoms with Gasteiger partial charge in [-0.3, -0.25) is 4.79 Å². The number of allylic oxidation sites excluding steroid dienone is 4. The Labute approximate surface area is 283 Å². The van der Waals surface area contributed by atoms with Crippen LogP contribution >= 0.6 is 7.14 Å². The topological polar surface area (TPSA) is 43.4 Å². The number of carbonyl (C=O) groups excluding carboxylic acids is 1. The Kier molecular flexibility index (Phi) is 7.12. The molecular weight excluding hydrogens is 607 g/mol. The van der Waals surface area contributed by atoms with Crippen molar-refractivity contribution in [2.75, 3.05) is 6.61 Å². The maximum absolute atomic E-state index is 15.2. The molecule has 4 aliphatic carbocycles. The quantitative estimate of drug-likeness (QED) is 0.167. The molecule has 0 N–H and O–H groups in total. The fraction of sp³-hybridized carbons (Fsp3) is 0.295. The number of fused-ring (bicyclic) bond motifs is 3. The van der Waals surface area contributed by atoms with E-state index in [-0.39, 0.29) is 17.1 Å². The lowest BCUT2D eigenvalue weighted by Gasteiger charge is -2.61. The Morgan fingerprint density at radius 1 is 0.729 bits per heavy atom. The van der Waals surface area contributed by atoms with Gasteiger partial charge in [0.15, 0.2) is 12.9 Å². The van der Waals surface area contributed by atoms with Gasteiger partial charge in [0.25, 0.3) is 0 Å². The Morgan fingerprint density at radius 2 is 1.38 bits per heavy atom. The van der Waals surface area contributed by atoms with Crippen LogP contribution in [0.5, 0.6) is 0 Å². The fourth-order valence-corrected chi connectivity index (χ4v) is 12.6. The van der Waals surface area contributed by atoms with Crippen LogP contribution in [0.1, 0.15) is 62.0 Å². The second-order valence-corrected chi connectivity index (χ2v) is 17.1. The molecule has 5 aliphatic rings. The number of rotatable bonds is 4. The molecule has 4 heteroatoms. The van der Waals surface area contributed by atoms with Gasteiger partial charge in [-0.2, -0.15) is 0 Å². The minimum absolute atomic E-state index is 0.00190. The van der Waals surface area contributed by atoms with Crippen molar-refractivity contribution >= 4 is 28.8 Å². The van der Waals surface area contributed by atoms with Crippen LogP contribution in [0, 0.1) is 29.1 Å². The molecule has 4 aromatic carbocycles. The van der Waals surface area contributed by atoms with E-state index in [4.69, 9.17) is 4.74 Å². The van der Waals surface area contributed by atoms with E-state index in [1.54, 1.807) is 5.57 Å². The summed E-state index contributed by atoms with van der Waals surface area (Å²) in [5, 5.41) is 2.55. The van der Waals surface area contributed by atoms with Gasteiger partial charge < -0.3 is 9.30 Å². The number of ether oxygens (including phenoxy) is 1. The summed E-state index contributed by atoms with van der Waals surface area (Å²) < 4.78 is 21.7. The van der Waals surface area contributed by atoms with Crippen LogP contribution in [0.3, 0.4) is 0 Å². The second-order valence-electron chi connectivity index (χ2n) is 14.4. The third kappa shape index (κ3) is 4.46. The first-order valence-corrected chi connectivity index (χ1v) is 19.2. The summed E-state index contributed by atoms with van der Waals surface area (Å²) in [5.41, 5.74) is 6.17. The lowest BCUT2D eigenvalue weighted by molar-refractivity contribution is -0.245. The Bertz CT molecular complexity index is 2030. The highest BCUT2D eigenvalue weighted by atomic mass is 31.2. The van der Waals surface area contributed by atoms with Gasteiger partial charge in [-0.15, -0.1) is 0 Å². The summed E-state index contributed by atoms with van der Waals surface area (Å²) in [4.78, 5) is 12.6. The molecule has 238 valence electrons. The molecule has 2 saturated carbocycles. The first-order valence-electron chi connectivity index (χ1n) is 17.5. The molecule has 4 aromatic rings. The van der Waals surface area contributed by atoms with Gasteiger partial charge in [-0.1, -0.05) is 121 Å². The highest BCUT2D eigenvalue weighted by molar-refractivity contribution is 7.85. The third-order valence-corrected chi connectivity index (χ3v) is 15.3. The van der Waals surface area contributed by atoms with E-state index in [0.29, 0.717) is 18.3 Å². The highest BCUT2D eigenvalue weighted by Crippen LogP contribution is 2.71. The van der Waals surface area contributed by atoms with Crippen molar-refractivity contribution in [3.63, 3.8) is 0 Å². The lowest BCUT2D eigenvalue weighted by atomic mass is 9.49. The molecule has 5 atom stereocenters. The van der Waals surface area contributed by atoms with Crippen molar-refractivity contribution in [2.24, 2.45) is 17.3 Å². The van der Waals surface area contributed by atoms with Gasteiger partial charge >= 0.3 is 0 Å². The molecule has 0 unspecified atom stereocenters. The van der Waals surface area contributed by atoms with Crippen LogP contribution in [0.25, 0.3) is 0 Å². The summed E-state index contributed by atoms with van der Waals surface area (Å²) in [6.07, 6.45) is 8.55. The summed E-state index contributed by atoms with van der Waals surface area (Å²) in [6, 6.07) is 38.9. The first kappa shape index (κ1) is 29.9. The number of hydrogen-bond acceptors (Lipinski definition) is 3. The molecule has 0 bridgehead atoms. The minimum atomic E-state index is -3.07. The molecule has 1 aliphatic heterocycles. The van der Waals surface area contributed by atoms with Crippen molar-refractivity contribution in [1.82, 2.24) is 0 Å². The molecule has 0 radical (unpaired) electrons. The van der Waals surface area contributed by atoms with Gasteiger partial charge in [0, 0.05) is 39.2 Å². The van der Waals surface area contributed by atoms with Crippen LogP contribution in [-0.2, 0) is 14.1 Å². The average Bonchev–Trinajstić information content (AvgIpc) is 3.36. The van der Waals surface area contributed by atoms with Crippen LogP contribution in [0.15, 0.2) is 138 Å². The monoisotopic (exact) mass is 646 g/mol. The molecule has 1 heterocycles.